The summed E-state index contributed by atoms with van der Waals surface area (Å²) in [6.45, 7) is 13.6. The van der Waals surface area contributed by atoms with Gasteiger partial charge in [0.1, 0.15) is 17.8 Å². The highest BCUT2D eigenvalue weighted by molar-refractivity contribution is 5.40. The van der Waals surface area contributed by atoms with Crippen LogP contribution in [0, 0.1) is 40.4 Å². The molecule has 0 radical (unpaired) electrons. The molecule has 0 aromatic rings. The van der Waals surface area contributed by atoms with Crippen molar-refractivity contribution in [2.75, 3.05) is 0 Å². The van der Waals surface area contributed by atoms with Crippen molar-refractivity contribution in [3.63, 3.8) is 0 Å². The molecule has 4 unspecified atom stereocenters. The van der Waals surface area contributed by atoms with Gasteiger partial charge in [0.05, 0.1) is 6.10 Å². The third kappa shape index (κ3) is 3.39. The van der Waals surface area contributed by atoms with Crippen LogP contribution in [-0.4, -0.2) is 44.3 Å². The lowest BCUT2D eigenvalue weighted by Gasteiger charge is -2.63. The zero-order valence-electron chi connectivity index (χ0n) is 21.0. The van der Waals surface area contributed by atoms with Gasteiger partial charge in [-0.15, -0.1) is 0 Å². The average molecular weight is 447 g/mol. The smallest absolute Gasteiger partial charge is 0.113 e. The summed E-state index contributed by atoms with van der Waals surface area (Å²) in [5, 5.41) is 44.4. The van der Waals surface area contributed by atoms with Crippen LogP contribution in [-0.2, 0) is 0 Å². The van der Waals surface area contributed by atoms with Crippen LogP contribution in [0.15, 0.2) is 23.3 Å². The Morgan fingerprint density at radius 3 is 2.28 bits per heavy atom. The molecule has 4 rings (SSSR count). The monoisotopic (exact) mass is 446 g/mol. The van der Waals surface area contributed by atoms with E-state index in [0.29, 0.717) is 36.5 Å². The summed E-state index contributed by atoms with van der Waals surface area (Å²) in [5.41, 5.74) is 0.483. The van der Waals surface area contributed by atoms with Gasteiger partial charge in [-0.1, -0.05) is 59.3 Å². The van der Waals surface area contributed by atoms with Gasteiger partial charge in [-0.3, -0.25) is 0 Å². The minimum atomic E-state index is -1.44. The van der Waals surface area contributed by atoms with Crippen LogP contribution in [0.2, 0.25) is 0 Å². The molecule has 0 heterocycles. The second-order valence-electron chi connectivity index (χ2n) is 12.6. The van der Waals surface area contributed by atoms with Gasteiger partial charge >= 0.3 is 0 Å². The molecule has 3 fully saturated rings. The molecule has 4 N–H and O–H groups in total. The minimum absolute atomic E-state index is 0.0390. The van der Waals surface area contributed by atoms with Crippen molar-refractivity contribution < 1.29 is 20.4 Å². The summed E-state index contributed by atoms with van der Waals surface area (Å²) >= 11 is 0. The lowest BCUT2D eigenvalue weighted by atomic mass is 9.45. The molecule has 0 spiro atoms. The maximum Gasteiger partial charge on any atom is 0.113 e. The van der Waals surface area contributed by atoms with Crippen molar-refractivity contribution in [3.05, 3.63) is 23.3 Å². The molecule has 4 aliphatic rings. The van der Waals surface area contributed by atoms with Gasteiger partial charge in [0.2, 0.25) is 0 Å². The van der Waals surface area contributed by atoms with Gasteiger partial charge in [-0.05, 0) is 79.1 Å². The van der Waals surface area contributed by atoms with Crippen molar-refractivity contribution in [1.82, 2.24) is 0 Å². The molecular formula is C28H46O4. The first-order valence-corrected chi connectivity index (χ1v) is 13.0. The van der Waals surface area contributed by atoms with Crippen molar-refractivity contribution in [3.8, 4) is 0 Å². The van der Waals surface area contributed by atoms with E-state index < -0.39 is 29.3 Å². The molecule has 182 valence electrons. The Hall–Kier alpha value is -0.680. The Morgan fingerprint density at radius 2 is 1.62 bits per heavy atom. The van der Waals surface area contributed by atoms with Crippen LogP contribution in [0.3, 0.4) is 0 Å². The summed E-state index contributed by atoms with van der Waals surface area (Å²) in [6.07, 6.45) is 7.47. The van der Waals surface area contributed by atoms with E-state index >= 15 is 0 Å². The quantitative estimate of drug-likeness (QED) is 0.475. The molecule has 0 aliphatic heterocycles. The summed E-state index contributed by atoms with van der Waals surface area (Å²) in [6, 6.07) is 0. The predicted molar refractivity (Wildman–Crippen MR) is 128 cm³/mol. The first-order chi connectivity index (χ1) is 14.9. The Balaban J connectivity index is 1.69. The number of allylic oxidation sites excluding steroid dienone is 3. The van der Waals surface area contributed by atoms with Gasteiger partial charge in [0, 0.05) is 11.8 Å². The largest absolute Gasteiger partial charge is 0.393 e. The van der Waals surface area contributed by atoms with Gasteiger partial charge in [0.25, 0.3) is 0 Å². The zero-order valence-corrected chi connectivity index (χ0v) is 21.0. The SMILES string of the molecule is CC(C)[C@@H](C)/C=C/[C@@H](C)[C@H]1CCC2=C3C(O)C(O)C4(O)CC(O)CC[C@]4(C)[C@H]3CC[C@@]21C. The number of fused-ring (bicyclic) bond motifs is 4. The fraction of sp³-hybridized carbons (Fsp3) is 0.857. The van der Waals surface area contributed by atoms with Crippen molar-refractivity contribution in [1.29, 1.82) is 0 Å². The Kier molecular flexibility index (Phi) is 6.28. The van der Waals surface area contributed by atoms with E-state index in [1.165, 1.54) is 5.57 Å². The molecule has 10 atom stereocenters. The lowest BCUT2D eigenvalue weighted by Crippen LogP contribution is -2.70. The molecule has 0 bridgehead atoms. The Bertz CT molecular complexity index is 786. The van der Waals surface area contributed by atoms with E-state index in [-0.39, 0.29) is 17.8 Å². The highest BCUT2D eigenvalue weighted by atomic mass is 16.4. The molecule has 4 heteroatoms. The van der Waals surface area contributed by atoms with Crippen LogP contribution >= 0.6 is 0 Å². The maximum absolute atomic E-state index is 11.6. The number of aliphatic hydroxyl groups excluding tert-OH is 3. The maximum atomic E-state index is 11.6. The van der Waals surface area contributed by atoms with Gasteiger partial charge in [-0.2, -0.15) is 0 Å². The summed E-state index contributed by atoms with van der Waals surface area (Å²) in [5.74, 6) is 2.28. The lowest BCUT2D eigenvalue weighted by molar-refractivity contribution is -0.248. The summed E-state index contributed by atoms with van der Waals surface area (Å²) in [7, 11) is 0. The van der Waals surface area contributed by atoms with E-state index in [2.05, 4.69) is 53.7 Å². The van der Waals surface area contributed by atoms with Crippen molar-refractivity contribution >= 4 is 0 Å². The van der Waals surface area contributed by atoms with Crippen LogP contribution in [0.1, 0.15) is 86.5 Å². The molecule has 0 aromatic carbocycles. The molecule has 4 aliphatic carbocycles. The normalized spacial score (nSPS) is 48.5. The molecule has 0 aromatic heterocycles. The average Bonchev–Trinajstić information content (AvgIpc) is 3.09. The highest BCUT2D eigenvalue weighted by Gasteiger charge is 2.67. The molecule has 4 nitrogen and oxygen atoms in total. The van der Waals surface area contributed by atoms with Gasteiger partial charge in [0.15, 0.2) is 0 Å². The van der Waals surface area contributed by atoms with Gasteiger partial charge in [-0.25, -0.2) is 0 Å². The fourth-order valence-corrected chi connectivity index (χ4v) is 8.09. The Labute approximate surface area is 194 Å². The van der Waals surface area contributed by atoms with Gasteiger partial charge < -0.3 is 20.4 Å². The van der Waals surface area contributed by atoms with Crippen LogP contribution < -0.4 is 0 Å². The third-order valence-electron chi connectivity index (χ3n) is 10.7. The van der Waals surface area contributed by atoms with E-state index in [1.54, 1.807) is 0 Å². The first-order valence-electron chi connectivity index (χ1n) is 13.0. The summed E-state index contributed by atoms with van der Waals surface area (Å²) < 4.78 is 0. The Morgan fingerprint density at radius 1 is 0.938 bits per heavy atom. The summed E-state index contributed by atoms with van der Waals surface area (Å²) in [4.78, 5) is 0. The standard InChI is InChI=1S/C28H46O4/c1-16(2)17(3)7-8-18(4)20-9-10-21-23-22(12-13-26(20,21)5)27(6)14-11-19(29)15-28(27,32)25(31)24(23)30/h7-8,16-20,22,24-25,29-32H,9-15H2,1-6H3/b8-7+/t17-,18+,19?,20+,22-,24?,25?,26+,27+,28?/m0/s1. The van der Waals surface area contributed by atoms with Crippen LogP contribution in [0.25, 0.3) is 0 Å². The number of aliphatic hydroxyl groups is 4. The predicted octanol–water partition coefficient (Wildman–Crippen LogP) is 4.61. The zero-order chi connectivity index (χ0) is 23.6. The molecule has 0 amide bonds. The second kappa shape index (κ2) is 8.22. The minimum Gasteiger partial charge on any atom is -0.393 e. The van der Waals surface area contributed by atoms with E-state index in [4.69, 9.17) is 0 Å². The molecule has 32 heavy (non-hydrogen) atoms. The first kappa shape index (κ1) is 24.4. The molecular weight excluding hydrogens is 400 g/mol. The number of hydrogen-bond acceptors (Lipinski definition) is 4. The second-order valence-corrected chi connectivity index (χ2v) is 12.6. The molecule has 0 saturated heterocycles. The van der Waals surface area contributed by atoms with Crippen molar-refractivity contribution in [2.24, 2.45) is 40.4 Å². The van der Waals surface area contributed by atoms with E-state index in [1.807, 2.05) is 0 Å². The number of hydrogen-bond donors (Lipinski definition) is 4. The van der Waals surface area contributed by atoms with Crippen LogP contribution in [0.5, 0.6) is 0 Å². The number of rotatable bonds is 4. The highest BCUT2D eigenvalue weighted by Crippen LogP contribution is 2.66. The van der Waals surface area contributed by atoms with Crippen LogP contribution in [0.4, 0.5) is 0 Å². The van der Waals surface area contributed by atoms with E-state index in [9.17, 15) is 20.4 Å². The fourth-order valence-electron chi connectivity index (χ4n) is 8.09. The molecule has 3 saturated carbocycles. The third-order valence-corrected chi connectivity index (χ3v) is 10.7. The van der Waals surface area contributed by atoms with Crippen molar-refractivity contribution in [2.45, 2.75) is 110 Å². The topological polar surface area (TPSA) is 80.9 Å². The van der Waals surface area contributed by atoms with E-state index in [0.717, 1.165) is 31.3 Å².